The molecule has 1 saturated carbocycles. The summed E-state index contributed by atoms with van der Waals surface area (Å²) in [7, 11) is 1.43. The molecule has 0 unspecified atom stereocenters. The van der Waals surface area contributed by atoms with Crippen molar-refractivity contribution < 1.29 is 27.5 Å². The molecule has 1 fully saturated rings. The average Bonchev–Trinajstić information content (AvgIpc) is 3.40. The number of thiazole rings is 1. The lowest BCUT2D eigenvalue weighted by atomic mass is 9.87. The van der Waals surface area contributed by atoms with Gasteiger partial charge in [0, 0.05) is 28.9 Å². The number of carbonyl (C=O) groups is 2. The van der Waals surface area contributed by atoms with Crippen molar-refractivity contribution >= 4 is 40.1 Å². The SMILES string of the molecule is COc1cc2nn(C3CCC(C=O)CC3)cc2cc1NC(=O)c1nc(C(F)(F)F)cs1. The molecule has 0 atom stereocenters. The van der Waals surface area contributed by atoms with Gasteiger partial charge in [-0.2, -0.15) is 18.3 Å². The number of alkyl halides is 3. The second-order valence-electron chi connectivity index (χ2n) is 7.41. The highest BCUT2D eigenvalue weighted by Crippen LogP contribution is 2.35. The second kappa shape index (κ2) is 8.29. The van der Waals surface area contributed by atoms with Crippen LogP contribution in [0.25, 0.3) is 10.9 Å². The highest BCUT2D eigenvalue weighted by Gasteiger charge is 2.34. The lowest BCUT2D eigenvalue weighted by Crippen LogP contribution is -2.19. The fraction of sp³-hybridized carbons (Fsp3) is 0.400. The Bertz CT molecular complexity index is 1120. The van der Waals surface area contributed by atoms with Gasteiger partial charge in [0.1, 0.15) is 12.0 Å². The Balaban J connectivity index is 1.57. The van der Waals surface area contributed by atoms with E-state index in [9.17, 15) is 22.8 Å². The van der Waals surface area contributed by atoms with E-state index in [1.807, 2.05) is 10.9 Å². The zero-order valence-corrected chi connectivity index (χ0v) is 17.3. The van der Waals surface area contributed by atoms with Gasteiger partial charge in [-0.25, -0.2) is 4.98 Å². The van der Waals surface area contributed by atoms with Crippen LogP contribution in [0.4, 0.5) is 18.9 Å². The highest BCUT2D eigenvalue weighted by atomic mass is 32.1. The number of hydrogen-bond donors (Lipinski definition) is 1. The minimum atomic E-state index is -4.61. The Kier molecular flexibility index (Phi) is 5.69. The summed E-state index contributed by atoms with van der Waals surface area (Å²) in [6, 6.07) is 3.52. The quantitative estimate of drug-likeness (QED) is 0.567. The van der Waals surface area contributed by atoms with Crippen LogP contribution in [0.15, 0.2) is 23.7 Å². The van der Waals surface area contributed by atoms with Gasteiger partial charge >= 0.3 is 6.18 Å². The number of aromatic nitrogens is 3. The van der Waals surface area contributed by atoms with Crippen molar-refractivity contribution in [1.29, 1.82) is 0 Å². The minimum absolute atomic E-state index is 0.104. The first-order valence-electron chi connectivity index (χ1n) is 9.64. The zero-order valence-electron chi connectivity index (χ0n) is 16.5. The first-order valence-corrected chi connectivity index (χ1v) is 10.5. The summed E-state index contributed by atoms with van der Waals surface area (Å²) in [5.41, 5.74) is -0.121. The largest absolute Gasteiger partial charge is 0.494 e. The smallest absolute Gasteiger partial charge is 0.434 e. The first-order chi connectivity index (χ1) is 14.8. The number of anilines is 1. The number of nitrogens with zero attached hydrogens (tertiary/aromatic N) is 3. The molecule has 1 N–H and O–H groups in total. The van der Waals surface area contributed by atoms with Gasteiger partial charge in [-0.15, -0.1) is 11.3 Å². The predicted octanol–water partition coefficient (Wildman–Crippen LogP) is 4.70. The summed E-state index contributed by atoms with van der Waals surface area (Å²) in [5.74, 6) is -0.312. The van der Waals surface area contributed by atoms with E-state index in [0.29, 0.717) is 28.3 Å². The Morgan fingerprint density at radius 3 is 2.65 bits per heavy atom. The van der Waals surface area contributed by atoms with Gasteiger partial charge in [0.15, 0.2) is 10.7 Å². The molecule has 1 aromatic carbocycles. The Morgan fingerprint density at radius 1 is 1.29 bits per heavy atom. The van der Waals surface area contributed by atoms with Crippen LogP contribution in [-0.4, -0.2) is 34.1 Å². The van der Waals surface area contributed by atoms with Crippen molar-refractivity contribution in [2.75, 3.05) is 12.4 Å². The third-order valence-electron chi connectivity index (χ3n) is 5.39. The second-order valence-corrected chi connectivity index (χ2v) is 8.27. The van der Waals surface area contributed by atoms with E-state index in [0.717, 1.165) is 42.7 Å². The van der Waals surface area contributed by atoms with Crippen molar-refractivity contribution in [2.24, 2.45) is 5.92 Å². The van der Waals surface area contributed by atoms with E-state index in [-0.39, 0.29) is 17.0 Å². The Hall–Kier alpha value is -2.95. The molecule has 31 heavy (non-hydrogen) atoms. The maximum Gasteiger partial charge on any atom is 0.434 e. The molecule has 4 rings (SSSR count). The van der Waals surface area contributed by atoms with Crippen LogP contribution >= 0.6 is 11.3 Å². The minimum Gasteiger partial charge on any atom is -0.494 e. The fourth-order valence-electron chi connectivity index (χ4n) is 3.71. The van der Waals surface area contributed by atoms with E-state index in [1.165, 1.54) is 7.11 Å². The summed E-state index contributed by atoms with van der Waals surface area (Å²) in [6.07, 6.45) is 1.61. The predicted molar refractivity (Wildman–Crippen MR) is 108 cm³/mol. The summed E-state index contributed by atoms with van der Waals surface area (Å²) in [6.45, 7) is 0. The molecule has 0 aliphatic heterocycles. The molecule has 0 bridgehead atoms. The molecule has 3 aromatic rings. The van der Waals surface area contributed by atoms with E-state index in [2.05, 4.69) is 15.4 Å². The summed E-state index contributed by atoms with van der Waals surface area (Å²) in [4.78, 5) is 26.8. The van der Waals surface area contributed by atoms with Crippen molar-refractivity contribution in [3.05, 3.63) is 34.4 Å². The molecular formula is C20H19F3N4O3S. The van der Waals surface area contributed by atoms with Gasteiger partial charge in [-0.1, -0.05) is 0 Å². The summed E-state index contributed by atoms with van der Waals surface area (Å²) < 4.78 is 45.4. The van der Waals surface area contributed by atoms with Gasteiger partial charge in [0.2, 0.25) is 0 Å². The molecule has 11 heteroatoms. The van der Waals surface area contributed by atoms with Crippen LogP contribution in [0.5, 0.6) is 5.75 Å². The number of nitrogens with one attached hydrogen (secondary N) is 1. The van der Waals surface area contributed by atoms with Crippen LogP contribution in [-0.2, 0) is 11.0 Å². The molecule has 1 aliphatic rings. The van der Waals surface area contributed by atoms with Gasteiger partial charge in [-0.3, -0.25) is 9.48 Å². The lowest BCUT2D eigenvalue weighted by Gasteiger charge is -2.25. The van der Waals surface area contributed by atoms with E-state index >= 15 is 0 Å². The molecule has 1 aliphatic carbocycles. The third kappa shape index (κ3) is 4.41. The standard InChI is InChI=1S/C20H19F3N4O3S/c1-30-16-7-14-12(8-27(26-14)13-4-2-11(9-28)3-5-13)6-15(16)24-18(29)19-25-17(10-31-19)20(21,22)23/h6-11,13H,2-5H2,1H3,(H,24,29). The van der Waals surface area contributed by atoms with Crippen molar-refractivity contribution in [3.8, 4) is 5.75 Å². The maximum atomic E-state index is 12.7. The number of amides is 1. The monoisotopic (exact) mass is 452 g/mol. The maximum absolute atomic E-state index is 12.7. The van der Waals surface area contributed by atoms with E-state index in [4.69, 9.17) is 4.74 Å². The molecule has 2 aromatic heterocycles. The van der Waals surface area contributed by atoms with Crippen LogP contribution in [0, 0.1) is 5.92 Å². The van der Waals surface area contributed by atoms with Crippen LogP contribution in [0.3, 0.4) is 0 Å². The molecule has 0 saturated heterocycles. The van der Waals surface area contributed by atoms with Gasteiger partial charge in [0.25, 0.3) is 5.91 Å². The van der Waals surface area contributed by atoms with Crippen LogP contribution < -0.4 is 10.1 Å². The topological polar surface area (TPSA) is 86.1 Å². The molecule has 1 amide bonds. The molecular weight excluding hydrogens is 433 g/mol. The highest BCUT2D eigenvalue weighted by molar-refractivity contribution is 7.11. The number of carbonyl (C=O) groups excluding carboxylic acids is 2. The molecule has 0 radical (unpaired) electrons. The number of aldehydes is 1. The lowest BCUT2D eigenvalue weighted by molar-refractivity contribution is -0.140. The van der Waals surface area contributed by atoms with Crippen molar-refractivity contribution in [2.45, 2.75) is 37.9 Å². The molecule has 164 valence electrons. The number of halogens is 3. The van der Waals surface area contributed by atoms with Gasteiger partial charge in [0.05, 0.1) is 24.4 Å². The van der Waals surface area contributed by atoms with Gasteiger partial charge in [-0.05, 0) is 31.7 Å². The number of fused-ring (bicyclic) bond motifs is 1. The Labute approximate surface area is 179 Å². The van der Waals surface area contributed by atoms with Crippen LogP contribution in [0.1, 0.15) is 47.2 Å². The van der Waals surface area contributed by atoms with Gasteiger partial charge < -0.3 is 14.8 Å². The van der Waals surface area contributed by atoms with Crippen molar-refractivity contribution in [1.82, 2.24) is 14.8 Å². The number of benzene rings is 1. The molecule has 0 spiro atoms. The zero-order chi connectivity index (χ0) is 22.2. The van der Waals surface area contributed by atoms with Crippen LogP contribution in [0.2, 0.25) is 0 Å². The molecule has 7 nitrogen and oxygen atoms in total. The fourth-order valence-corrected chi connectivity index (χ4v) is 4.43. The number of hydrogen-bond acceptors (Lipinski definition) is 6. The molecule has 2 heterocycles. The third-order valence-corrected chi connectivity index (χ3v) is 6.23. The summed E-state index contributed by atoms with van der Waals surface area (Å²) in [5, 5.41) is 8.45. The number of methoxy groups -OCH3 is 1. The van der Waals surface area contributed by atoms with E-state index in [1.54, 1.807) is 12.1 Å². The first kappa shape index (κ1) is 21.3. The van der Waals surface area contributed by atoms with Crippen molar-refractivity contribution in [3.63, 3.8) is 0 Å². The number of rotatable bonds is 5. The number of ether oxygens (including phenoxy) is 1. The normalized spacial score (nSPS) is 19.4. The Morgan fingerprint density at radius 2 is 2.03 bits per heavy atom. The average molecular weight is 452 g/mol. The van der Waals surface area contributed by atoms with E-state index < -0.39 is 17.8 Å². The summed E-state index contributed by atoms with van der Waals surface area (Å²) >= 11 is 0.620.